The normalized spacial score (nSPS) is 17.2. The van der Waals surface area contributed by atoms with Gasteiger partial charge < -0.3 is 15.1 Å². The third-order valence-corrected chi connectivity index (χ3v) is 4.47. The van der Waals surface area contributed by atoms with Crippen molar-refractivity contribution in [3.63, 3.8) is 0 Å². The van der Waals surface area contributed by atoms with Gasteiger partial charge in [0.25, 0.3) is 5.91 Å². The van der Waals surface area contributed by atoms with E-state index in [-0.39, 0.29) is 5.91 Å². The summed E-state index contributed by atoms with van der Waals surface area (Å²) < 4.78 is 0. The van der Waals surface area contributed by atoms with Crippen LogP contribution in [0.5, 0.6) is 0 Å². The summed E-state index contributed by atoms with van der Waals surface area (Å²) in [5.41, 5.74) is 1.60. The number of aromatic nitrogens is 3. The van der Waals surface area contributed by atoms with E-state index in [0.717, 1.165) is 37.6 Å². The fraction of sp³-hybridized carbons (Fsp3) is 0.444. The van der Waals surface area contributed by atoms with Gasteiger partial charge in [-0.1, -0.05) is 0 Å². The topological polar surface area (TPSA) is 74.2 Å². The van der Waals surface area contributed by atoms with Gasteiger partial charge in [-0.3, -0.25) is 4.79 Å². The molecule has 132 valence electrons. The fourth-order valence-electron chi connectivity index (χ4n) is 3.20. The number of anilines is 2. The average Bonchev–Trinajstić information content (AvgIpc) is 2.67. The monoisotopic (exact) mass is 340 g/mol. The number of carbonyl (C=O) groups is 1. The Morgan fingerprint density at radius 3 is 2.72 bits per heavy atom. The summed E-state index contributed by atoms with van der Waals surface area (Å²) in [6.45, 7) is 1.79. The van der Waals surface area contributed by atoms with Crippen LogP contribution >= 0.6 is 0 Å². The van der Waals surface area contributed by atoms with E-state index in [4.69, 9.17) is 4.98 Å². The Morgan fingerprint density at radius 2 is 2.04 bits per heavy atom. The lowest BCUT2D eigenvalue weighted by atomic mass is 9.94. The van der Waals surface area contributed by atoms with Crippen molar-refractivity contribution < 1.29 is 4.79 Å². The number of amides is 1. The number of nitrogens with zero attached hydrogens (tertiary/aromatic N) is 5. The molecule has 1 saturated heterocycles. The van der Waals surface area contributed by atoms with E-state index in [0.29, 0.717) is 17.3 Å². The molecule has 0 unspecified atom stereocenters. The van der Waals surface area contributed by atoms with Gasteiger partial charge in [-0.05, 0) is 31.0 Å². The van der Waals surface area contributed by atoms with Crippen LogP contribution in [0, 0.1) is 0 Å². The summed E-state index contributed by atoms with van der Waals surface area (Å²) in [5.74, 6) is 1.65. The molecule has 0 aromatic carbocycles. The molecular formula is C18H24N6O. The minimum Gasteiger partial charge on any atom is -0.362 e. The maximum Gasteiger partial charge on any atom is 0.254 e. The summed E-state index contributed by atoms with van der Waals surface area (Å²) in [4.78, 5) is 29.7. The number of pyridine rings is 1. The first-order valence-electron chi connectivity index (χ1n) is 8.52. The predicted molar refractivity (Wildman–Crippen MR) is 98.2 cm³/mol. The zero-order chi connectivity index (χ0) is 17.8. The van der Waals surface area contributed by atoms with Gasteiger partial charge in [-0.2, -0.15) is 0 Å². The highest BCUT2D eigenvalue weighted by Crippen LogP contribution is 2.29. The van der Waals surface area contributed by atoms with Crippen LogP contribution < -0.4 is 15.1 Å². The molecule has 0 aliphatic carbocycles. The Bertz CT molecular complexity index is 734. The largest absolute Gasteiger partial charge is 0.362 e. The van der Waals surface area contributed by atoms with Gasteiger partial charge >= 0.3 is 0 Å². The minimum atomic E-state index is -0.120. The minimum absolute atomic E-state index is 0.120. The van der Waals surface area contributed by atoms with Gasteiger partial charge in [0, 0.05) is 58.2 Å². The number of carbonyl (C=O) groups excluding carboxylic acids is 1. The molecule has 0 bridgehead atoms. The van der Waals surface area contributed by atoms with E-state index < -0.39 is 0 Å². The molecule has 0 radical (unpaired) electrons. The second-order valence-corrected chi connectivity index (χ2v) is 6.41. The van der Waals surface area contributed by atoms with Crippen LogP contribution in [0.4, 0.5) is 11.8 Å². The number of hydrogen-bond donors (Lipinski definition) is 1. The predicted octanol–water partition coefficient (Wildman–Crippen LogP) is 1.68. The first kappa shape index (κ1) is 17.1. The van der Waals surface area contributed by atoms with Crippen molar-refractivity contribution in [3.05, 3.63) is 41.9 Å². The molecule has 1 amide bonds. The lowest BCUT2D eigenvalue weighted by Crippen LogP contribution is -2.36. The van der Waals surface area contributed by atoms with Crippen molar-refractivity contribution in [2.75, 3.05) is 44.0 Å². The molecule has 3 rings (SSSR count). The molecule has 2 aromatic heterocycles. The molecule has 7 heteroatoms. The van der Waals surface area contributed by atoms with Gasteiger partial charge in [0.1, 0.15) is 5.82 Å². The molecule has 0 spiro atoms. The molecule has 1 atom stereocenters. The van der Waals surface area contributed by atoms with Gasteiger partial charge in [-0.25, -0.2) is 15.0 Å². The second kappa shape index (κ2) is 7.46. The molecule has 7 nitrogen and oxygen atoms in total. The van der Waals surface area contributed by atoms with Crippen LogP contribution in [0.25, 0.3) is 0 Å². The Kier molecular flexibility index (Phi) is 5.11. The average molecular weight is 340 g/mol. The summed E-state index contributed by atoms with van der Waals surface area (Å²) in [6, 6.07) is 5.67. The van der Waals surface area contributed by atoms with E-state index >= 15 is 0 Å². The standard InChI is InChI=1S/C18H24N6O/c1-19-17(25)14-7-8-15(22-16(14)23(2)3)13-6-4-11-24(12-13)18-20-9-5-10-21-18/h5,7-10,13H,4,6,11-12H2,1-3H3,(H,19,25)/t13-/m0/s1. The van der Waals surface area contributed by atoms with E-state index in [2.05, 4.69) is 20.2 Å². The molecule has 2 aromatic rings. The first-order chi connectivity index (χ1) is 12.1. The first-order valence-corrected chi connectivity index (χ1v) is 8.52. The zero-order valence-corrected chi connectivity index (χ0v) is 14.9. The lowest BCUT2D eigenvalue weighted by Gasteiger charge is -2.32. The molecule has 25 heavy (non-hydrogen) atoms. The Labute approximate surface area is 148 Å². The van der Waals surface area contributed by atoms with Crippen LogP contribution in [-0.4, -0.2) is 55.1 Å². The molecule has 3 heterocycles. The highest BCUT2D eigenvalue weighted by molar-refractivity contribution is 5.98. The highest BCUT2D eigenvalue weighted by atomic mass is 16.1. The van der Waals surface area contributed by atoms with Gasteiger partial charge in [-0.15, -0.1) is 0 Å². The van der Waals surface area contributed by atoms with Crippen LogP contribution in [0.3, 0.4) is 0 Å². The van der Waals surface area contributed by atoms with Gasteiger partial charge in [0.05, 0.1) is 5.56 Å². The highest BCUT2D eigenvalue weighted by Gasteiger charge is 2.25. The van der Waals surface area contributed by atoms with Gasteiger partial charge in [0.2, 0.25) is 5.95 Å². The van der Waals surface area contributed by atoms with Crippen LogP contribution in [0.2, 0.25) is 0 Å². The second-order valence-electron chi connectivity index (χ2n) is 6.41. The van der Waals surface area contributed by atoms with E-state index in [1.807, 2.05) is 37.2 Å². The summed E-state index contributed by atoms with van der Waals surface area (Å²) in [6.07, 6.45) is 5.68. The Hall–Kier alpha value is -2.70. The van der Waals surface area contributed by atoms with E-state index in [1.54, 1.807) is 19.4 Å². The van der Waals surface area contributed by atoms with E-state index in [1.165, 1.54) is 0 Å². The summed E-state index contributed by atoms with van der Waals surface area (Å²) in [7, 11) is 5.45. The number of piperidine rings is 1. The molecule has 1 aliphatic rings. The van der Waals surface area contributed by atoms with Crippen LogP contribution in [0.15, 0.2) is 30.6 Å². The molecule has 1 N–H and O–H groups in total. The van der Waals surface area contributed by atoms with Gasteiger partial charge in [0.15, 0.2) is 0 Å². The summed E-state index contributed by atoms with van der Waals surface area (Å²) in [5, 5.41) is 2.67. The number of hydrogen-bond acceptors (Lipinski definition) is 6. The third-order valence-electron chi connectivity index (χ3n) is 4.47. The SMILES string of the molecule is CNC(=O)c1ccc([C@H]2CCCN(c3ncccn3)C2)nc1N(C)C. The summed E-state index contributed by atoms with van der Waals surface area (Å²) >= 11 is 0. The molecular weight excluding hydrogens is 316 g/mol. The Morgan fingerprint density at radius 1 is 1.28 bits per heavy atom. The Balaban J connectivity index is 1.86. The quantitative estimate of drug-likeness (QED) is 0.913. The maximum absolute atomic E-state index is 12.1. The van der Waals surface area contributed by atoms with Crippen LogP contribution in [-0.2, 0) is 0 Å². The van der Waals surface area contributed by atoms with Crippen molar-refractivity contribution in [2.45, 2.75) is 18.8 Å². The smallest absolute Gasteiger partial charge is 0.254 e. The van der Waals surface area contributed by atoms with Crippen molar-refractivity contribution in [1.29, 1.82) is 0 Å². The third kappa shape index (κ3) is 3.70. The van der Waals surface area contributed by atoms with Crippen molar-refractivity contribution in [1.82, 2.24) is 20.3 Å². The molecule has 1 fully saturated rings. The lowest BCUT2D eigenvalue weighted by molar-refractivity contribution is 0.0963. The van der Waals surface area contributed by atoms with Crippen molar-refractivity contribution >= 4 is 17.7 Å². The van der Waals surface area contributed by atoms with E-state index in [9.17, 15) is 4.79 Å². The number of nitrogens with one attached hydrogen (secondary N) is 1. The number of rotatable bonds is 4. The zero-order valence-electron chi connectivity index (χ0n) is 14.9. The van der Waals surface area contributed by atoms with Crippen LogP contribution in [0.1, 0.15) is 34.8 Å². The van der Waals surface area contributed by atoms with Crippen molar-refractivity contribution in [2.24, 2.45) is 0 Å². The maximum atomic E-state index is 12.1. The molecule has 0 saturated carbocycles. The fourth-order valence-corrected chi connectivity index (χ4v) is 3.20. The van der Waals surface area contributed by atoms with Crippen molar-refractivity contribution in [3.8, 4) is 0 Å². The molecule has 1 aliphatic heterocycles.